The number of anilines is 1. The van der Waals surface area contributed by atoms with Crippen molar-refractivity contribution in [2.45, 2.75) is 20.4 Å². The van der Waals surface area contributed by atoms with E-state index in [0.29, 0.717) is 5.69 Å². The fourth-order valence-corrected chi connectivity index (χ4v) is 4.10. The first-order chi connectivity index (χ1) is 15.8. The van der Waals surface area contributed by atoms with Gasteiger partial charge in [0, 0.05) is 0 Å². The Bertz CT molecular complexity index is 1150. The number of aryl methyl sites for hydroxylation is 1. The maximum Gasteiger partial charge on any atom is 0.350 e. The van der Waals surface area contributed by atoms with Crippen molar-refractivity contribution < 1.29 is 28.2 Å². The van der Waals surface area contributed by atoms with Gasteiger partial charge in [0.05, 0.1) is 23.9 Å². The fourth-order valence-electron chi connectivity index (χ4n) is 2.88. The first-order valence-electron chi connectivity index (χ1n) is 9.91. The van der Waals surface area contributed by atoms with Crippen LogP contribution in [0.4, 0.5) is 9.52 Å². The van der Waals surface area contributed by atoms with Crippen LogP contribution in [0.5, 0.6) is 0 Å². The number of hydrogen-bond acceptors (Lipinski definition) is 7. The van der Waals surface area contributed by atoms with Gasteiger partial charge in [-0.15, -0.1) is 0 Å². The van der Waals surface area contributed by atoms with Crippen molar-refractivity contribution in [1.29, 1.82) is 0 Å². The average molecular weight is 491 g/mol. The van der Waals surface area contributed by atoms with E-state index in [1.165, 1.54) is 17.0 Å². The Kier molecular flexibility index (Phi) is 8.13. The van der Waals surface area contributed by atoms with Crippen molar-refractivity contribution in [1.82, 2.24) is 4.98 Å². The van der Waals surface area contributed by atoms with Gasteiger partial charge in [0.1, 0.15) is 16.3 Å². The van der Waals surface area contributed by atoms with E-state index < -0.39 is 35.8 Å². The van der Waals surface area contributed by atoms with Crippen LogP contribution in [0.3, 0.4) is 0 Å². The minimum absolute atomic E-state index is 0.118. The van der Waals surface area contributed by atoms with Crippen LogP contribution in [0, 0.1) is 12.7 Å². The molecule has 3 rings (SSSR count). The molecule has 1 aromatic heterocycles. The second-order valence-electron chi connectivity index (χ2n) is 6.77. The maximum absolute atomic E-state index is 14.0. The number of amides is 1. The summed E-state index contributed by atoms with van der Waals surface area (Å²) >= 11 is 6.89. The second-order valence-corrected chi connectivity index (χ2v) is 8.15. The number of hydrogen-bond donors (Lipinski definition) is 0. The largest absolute Gasteiger partial charge is 0.462 e. The predicted molar refractivity (Wildman–Crippen MR) is 122 cm³/mol. The van der Waals surface area contributed by atoms with Crippen LogP contribution in [0.15, 0.2) is 48.5 Å². The molecule has 7 nitrogen and oxygen atoms in total. The van der Waals surface area contributed by atoms with Gasteiger partial charge in [-0.2, -0.15) is 0 Å². The summed E-state index contributed by atoms with van der Waals surface area (Å²) in [6.45, 7) is 2.97. The SMILES string of the molecule is CCOC(=O)c1sc(N(Cc2ccccc2)C(=O)COC(=O)c2c(F)cccc2Cl)nc1C. The highest BCUT2D eigenvalue weighted by Crippen LogP contribution is 2.28. The summed E-state index contributed by atoms with van der Waals surface area (Å²) in [4.78, 5) is 43.5. The first kappa shape index (κ1) is 24.3. The van der Waals surface area contributed by atoms with E-state index >= 15 is 0 Å². The van der Waals surface area contributed by atoms with E-state index in [-0.39, 0.29) is 28.2 Å². The zero-order chi connectivity index (χ0) is 24.0. The van der Waals surface area contributed by atoms with Crippen molar-refractivity contribution in [3.8, 4) is 0 Å². The molecule has 0 bridgehead atoms. The van der Waals surface area contributed by atoms with Crippen molar-refractivity contribution in [3.05, 3.63) is 81.1 Å². The number of ether oxygens (including phenoxy) is 2. The molecule has 0 aliphatic heterocycles. The molecule has 0 unspecified atom stereocenters. The molecule has 0 N–H and O–H groups in total. The number of nitrogens with zero attached hydrogens (tertiary/aromatic N) is 2. The highest BCUT2D eigenvalue weighted by atomic mass is 35.5. The standard InChI is InChI=1S/C23H20ClFN2O5S/c1-3-31-22(30)20-14(2)26-23(33-20)27(12-15-8-5-4-6-9-15)18(28)13-32-21(29)19-16(24)10-7-11-17(19)25/h4-11H,3,12-13H2,1-2H3. The number of rotatable bonds is 8. The number of esters is 2. The van der Waals surface area contributed by atoms with Gasteiger partial charge in [-0.25, -0.2) is 19.0 Å². The molecule has 33 heavy (non-hydrogen) atoms. The molecule has 0 atom stereocenters. The Hall–Kier alpha value is -3.30. The Morgan fingerprint density at radius 3 is 2.45 bits per heavy atom. The normalized spacial score (nSPS) is 10.5. The van der Waals surface area contributed by atoms with Gasteiger partial charge in [0.15, 0.2) is 11.7 Å². The summed E-state index contributed by atoms with van der Waals surface area (Å²) in [7, 11) is 0. The molecule has 1 heterocycles. The molecule has 0 aliphatic carbocycles. The molecule has 3 aromatic rings. The highest BCUT2D eigenvalue weighted by molar-refractivity contribution is 7.17. The van der Waals surface area contributed by atoms with Gasteiger partial charge in [-0.05, 0) is 31.5 Å². The highest BCUT2D eigenvalue weighted by Gasteiger charge is 2.26. The lowest BCUT2D eigenvalue weighted by Crippen LogP contribution is -2.34. The van der Waals surface area contributed by atoms with E-state index in [4.69, 9.17) is 21.1 Å². The summed E-state index contributed by atoms with van der Waals surface area (Å²) in [6, 6.07) is 12.9. The van der Waals surface area contributed by atoms with Gasteiger partial charge in [0.2, 0.25) is 0 Å². The van der Waals surface area contributed by atoms with Crippen LogP contribution in [-0.4, -0.2) is 36.0 Å². The molecule has 0 aliphatic rings. The van der Waals surface area contributed by atoms with Gasteiger partial charge in [-0.1, -0.05) is 59.3 Å². The number of carbonyl (C=O) groups excluding carboxylic acids is 3. The number of carbonyl (C=O) groups is 3. The van der Waals surface area contributed by atoms with Gasteiger partial charge < -0.3 is 9.47 Å². The third kappa shape index (κ3) is 5.94. The van der Waals surface area contributed by atoms with E-state index in [0.717, 1.165) is 23.0 Å². The molecule has 1 amide bonds. The number of aromatic nitrogens is 1. The van der Waals surface area contributed by atoms with Crippen molar-refractivity contribution >= 4 is 45.9 Å². The van der Waals surface area contributed by atoms with E-state index in [2.05, 4.69) is 4.98 Å². The molecule has 0 saturated heterocycles. The summed E-state index contributed by atoms with van der Waals surface area (Å²) in [5, 5.41) is 0.118. The Morgan fingerprint density at radius 2 is 1.79 bits per heavy atom. The molecule has 0 saturated carbocycles. The third-order valence-corrected chi connectivity index (χ3v) is 5.93. The molecular weight excluding hydrogens is 471 g/mol. The Morgan fingerprint density at radius 1 is 1.06 bits per heavy atom. The van der Waals surface area contributed by atoms with Gasteiger partial charge in [0.25, 0.3) is 5.91 Å². The lowest BCUT2D eigenvalue weighted by atomic mass is 10.2. The molecule has 0 radical (unpaired) electrons. The molecule has 0 spiro atoms. The summed E-state index contributed by atoms with van der Waals surface area (Å²) in [6.07, 6.45) is 0. The minimum atomic E-state index is -1.06. The van der Waals surface area contributed by atoms with Crippen molar-refractivity contribution in [2.75, 3.05) is 18.1 Å². The van der Waals surface area contributed by atoms with E-state index in [1.807, 2.05) is 30.3 Å². The zero-order valence-corrected chi connectivity index (χ0v) is 19.4. The summed E-state index contributed by atoms with van der Waals surface area (Å²) in [5.41, 5.74) is 0.755. The molecule has 172 valence electrons. The minimum Gasteiger partial charge on any atom is -0.462 e. The predicted octanol–water partition coefficient (Wildman–Crippen LogP) is 4.81. The van der Waals surface area contributed by atoms with E-state index in [9.17, 15) is 18.8 Å². The maximum atomic E-state index is 14.0. The Balaban J connectivity index is 1.84. The van der Waals surface area contributed by atoms with Crippen LogP contribution in [-0.2, 0) is 20.8 Å². The number of thiazole rings is 1. The van der Waals surface area contributed by atoms with E-state index in [1.54, 1.807) is 13.8 Å². The molecule has 0 fully saturated rings. The van der Waals surface area contributed by atoms with Crippen molar-refractivity contribution in [3.63, 3.8) is 0 Å². The zero-order valence-electron chi connectivity index (χ0n) is 17.8. The Labute approximate surface area is 198 Å². The molecular formula is C23H20ClFN2O5S. The summed E-state index contributed by atoms with van der Waals surface area (Å²) in [5.74, 6) is -3.06. The van der Waals surface area contributed by atoms with Crippen molar-refractivity contribution in [2.24, 2.45) is 0 Å². The average Bonchev–Trinajstić information content (AvgIpc) is 3.18. The van der Waals surface area contributed by atoms with Crippen LogP contribution in [0.1, 0.15) is 38.2 Å². The van der Waals surface area contributed by atoms with Crippen LogP contribution < -0.4 is 4.90 Å². The van der Waals surface area contributed by atoms with Gasteiger partial charge in [-0.3, -0.25) is 9.69 Å². The van der Waals surface area contributed by atoms with Crippen LogP contribution >= 0.6 is 22.9 Å². The van der Waals surface area contributed by atoms with Gasteiger partial charge >= 0.3 is 11.9 Å². The molecule has 2 aromatic carbocycles. The third-order valence-electron chi connectivity index (χ3n) is 4.46. The quantitative estimate of drug-likeness (QED) is 0.421. The van der Waals surface area contributed by atoms with Crippen LogP contribution in [0.25, 0.3) is 0 Å². The molecule has 10 heteroatoms. The second kappa shape index (κ2) is 11.0. The number of benzene rings is 2. The lowest BCUT2D eigenvalue weighted by Gasteiger charge is -2.20. The monoisotopic (exact) mass is 490 g/mol. The smallest absolute Gasteiger partial charge is 0.350 e. The number of halogens is 2. The van der Waals surface area contributed by atoms with Crippen LogP contribution in [0.2, 0.25) is 5.02 Å². The fraction of sp³-hybridized carbons (Fsp3) is 0.217. The summed E-state index contributed by atoms with van der Waals surface area (Å²) < 4.78 is 24.1. The first-order valence-corrected chi connectivity index (χ1v) is 11.1. The topological polar surface area (TPSA) is 85.8 Å². The lowest BCUT2D eigenvalue weighted by molar-refractivity contribution is -0.121.